The maximum atomic E-state index is 15.2. The Kier molecular flexibility index (Phi) is 7.52. The molecule has 0 radical (unpaired) electrons. The molecule has 0 bridgehead atoms. The first-order chi connectivity index (χ1) is 17.5. The summed E-state index contributed by atoms with van der Waals surface area (Å²) in [6.45, 7) is 13.2. The van der Waals surface area contributed by atoms with Crippen LogP contribution < -0.4 is 4.90 Å². The Morgan fingerprint density at radius 3 is 2.26 bits per heavy atom. The zero-order chi connectivity index (χ0) is 28.6. The number of carbonyl (C=O) groups excluding carboxylic acids is 2. The molecule has 0 aliphatic carbocycles. The van der Waals surface area contributed by atoms with Crippen LogP contribution in [0.15, 0.2) is 30.5 Å². The Morgan fingerprint density at radius 1 is 1.05 bits per heavy atom. The summed E-state index contributed by atoms with van der Waals surface area (Å²) in [5.41, 5.74) is -0.851. The molecule has 3 aromatic rings. The third-order valence-corrected chi connectivity index (χ3v) is 4.86. The lowest BCUT2D eigenvalue weighted by atomic mass is 10.1. The standard InChI is InChI=1S/C25H29FN6O6/c1-14-9-10-16(32(35)36)12-17(14)20-27-13-18(26)21(28-20)30(22(33)37-24(3,4)5)19-11-15(2)31(29-19)23(34)38-25(6,7)8/h9-13H,1-8H3. The number of amides is 1. The minimum Gasteiger partial charge on any atom is -0.443 e. The van der Waals surface area contributed by atoms with Crippen LogP contribution in [0.3, 0.4) is 0 Å². The Hall–Kier alpha value is -4.42. The molecule has 0 aliphatic heterocycles. The maximum Gasteiger partial charge on any atom is 0.435 e. The molecule has 0 unspecified atom stereocenters. The molecule has 0 saturated carbocycles. The van der Waals surface area contributed by atoms with Crippen LogP contribution in [0.1, 0.15) is 52.8 Å². The Bertz CT molecular complexity index is 1410. The molecule has 0 N–H and O–H groups in total. The van der Waals surface area contributed by atoms with Gasteiger partial charge in [-0.25, -0.2) is 28.8 Å². The van der Waals surface area contributed by atoms with Gasteiger partial charge in [-0.1, -0.05) is 6.07 Å². The van der Waals surface area contributed by atoms with Gasteiger partial charge in [0.15, 0.2) is 23.3 Å². The van der Waals surface area contributed by atoms with Gasteiger partial charge in [-0.2, -0.15) is 4.68 Å². The summed E-state index contributed by atoms with van der Waals surface area (Å²) in [5, 5.41) is 15.5. The molecule has 0 atom stereocenters. The monoisotopic (exact) mass is 528 g/mol. The van der Waals surface area contributed by atoms with E-state index in [1.165, 1.54) is 24.3 Å². The summed E-state index contributed by atoms with van der Waals surface area (Å²) in [7, 11) is 0. The number of aromatic nitrogens is 4. The minimum absolute atomic E-state index is 0.0699. The first-order valence-electron chi connectivity index (χ1n) is 11.6. The van der Waals surface area contributed by atoms with Crippen LogP contribution in [0, 0.1) is 29.8 Å². The molecule has 38 heavy (non-hydrogen) atoms. The number of nitro benzene ring substituents is 1. The number of rotatable bonds is 4. The number of non-ortho nitro benzene ring substituents is 1. The third kappa shape index (κ3) is 6.47. The third-order valence-electron chi connectivity index (χ3n) is 4.86. The molecule has 3 rings (SSSR count). The van der Waals surface area contributed by atoms with Crippen LogP contribution >= 0.6 is 0 Å². The van der Waals surface area contributed by atoms with E-state index in [1.807, 2.05) is 0 Å². The number of carbonyl (C=O) groups is 2. The van der Waals surface area contributed by atoms with Crippen molar-refractivity contribution in [2.45, 2.75) is 66.6 Å². The Morgan fingerprint density at radius 2 is 1.68 bits per heavy atom. The number of nitro groups is 1. The first-order valence-corrected chi connectivity index (χ1v) is 11.6. The lowest BCUT2D eigenvalue weighted by molar-refractivity contribution is -0.384. The number of anilines is 2. The Balaban J connectivity index is 2.19. The second-order valence-corrected chi connectivity index (χ2v) is 10.5. The van der Waals surface area contributed by atoms with Crippen molar-refractivity contribution in [2.75, 3.05) is 4.90 Å². The summed E-state index contributed by atoms with van der Waals surface area (Å²) in [6, 6.07) is 5.46. The van der Waals surface area contributed by atoms with Gasteiger partial charge >= 0.3 is 12.2 Å². The molecule has 12 nitrogen and oxygen atoms in total. The molecule has 0 spiro atoms. The number of hydrogen-bond donors (Lipinski definition) is 0. The topological polar surface area (TPSA) is 143 Å². The fourth-order valence-electron chi connectivity index (χ4n) is 3.26. The average molecular weight is 529 g/mol. The van der Waals surface area contributed by atoms with Gasteiger partial charge in [0.1, 0.15) is 11.2 Å². The molecule has 0 aliphatic rings. The quantitative estimate of drug-likeness (QED) is 0.300. The lowest BCUT2D eigenvalue weighted by Crippen LogP contribution is -2.35. The number of ether oxygens (including phenoxy) is 2. The van der Waals surface area contributed by atoms with E-state index in [9.17, 15) is 19.7 Å². The summed E-state index contributed by atoms with van der Waals surface area (Å²) in [4.78, 5) is 45.7. The van der Waals surface area contributed by atoms with Crippen molar-refractivity contribution in [3.63, 3.8) is 0 Å². The molecule has 0 saturated heterocycles. The summed E-state index contributed by atoms with van der Waals surface area (Å²) in [5.74, 6) is -1.75. The molecule has 2 heterocycles. The van der Waals surface area contributed by atoms with E-state index >= 15 is 4.39 Å². The average Bonchev–Trinajstić information content (AvgIpc) is 3.14. The lowest BCUT2D eigenvalue weighted by Gasteiger charge is -2.25. The molecular formula is C25H29FN6O6. The fourth-order valence-corrected chi connectivity index (χ4v) is 3.26. The van der Waals surface area contributed by atoms with Crippen LogP contribution in [0.25, 0.3) is 11.4 Å². The fraction of sp³-hybridized carbons (Fsp3) is 0.400. The van der Waals surface area contributed by atoms with Gasteiger partial charge in [0.25, 0.3) is 5.69 Å². The molecule has 2 aromatic heterocycles. The summed E-state index contributed by atoms with van der Waals surface area (Å²) >= 11 is 0. The number of nitrogens with zero attached hydrogens (tertiary/aromatic N) is 6. The SMILES string of the molecule is Cc1ccc([N+](=O)[O-])cc1-c1ncc(F)c(N(C(=O)OC(C)(C)C)c2cc(C)n(C(=O)OC(C)(C)C)n2)n1. The highest BCUT2D eigenvalue weighted by Crippen LogP contribution is 2.32. The van der Waals surface area contributed by atoms with E-state index in [2.05, 4.69) is 15.1 Å². The molecule has 202 valence electrons. The van der Waals surface area contributed by atoms with Gasteiger partial charge < -0.3 is 9.47 Å². The van der Waals surface area contributed by atoms with Gasteiger partial charge in [0.2, 0.25) is 0 Å². The van der Waals surface area contributed by atoms with Crippen LogP contribution in [-0.4, -0.2) is 48.1 Å². The van der Waals surface area contributed by atoms with Crippen LogP contribution in [-0.2, 0) is 9.47 Å². The smallest absolute Gasteiger partial charge is 0.435 e. The van der Waals surface area contributed by atoms with Crippen molar-refractivity contribution >= 4 is 29.5 Å². The van der Waals surface area contributed by atoms with E-state index in [0.717, 1.165) is 15.8 Å². The normalized spacial score (nSPS) is 11.7. The van der Waals surface area contributed by atoms with E-state index in [0.29, 0.717) is 11.3 Å². The van der Waals surface area contributed by atoms with Crippen molar-refractivity contribution in [1.29, 1.82) is 0 Å². The predicted molar refractivity (Wildman–Crippen MR) is 136 cm³/mol. The highest BCUT2D eigenvalue weighted by molar-refractivity contribution is 5.94. The zero-order valence-corrected chi connectivity index (χ0v) is 22.4. The van der Waals surface area contributed by atoms with Gasteiger partial charge in [-0.05, 0) is 61.0 Å². The van der Waals surface area contributed by atoms with Crippen molar-refractivity contribution < 1.29 is 28.4 Å². The van der Waals surface area contributed by atoms with E-state index in [-0.39, 0.29) is 22.9 Å². The molecule has 13 heteroatoms. The minimum atomic E-state index is -1.02. The molecular weight excluding hydrogens is 499 g/mol. The molecule has 0 fully saturated rings. The van der Waals surface area contributed by atoms with Gasteiger partial charge in [-0.15, -0.1) is 5.10 Å². The van der Waals surface area contributed by atoms with E-state index in [4.69, 9.17) is 9.47 Å². The van der Waals surface area contributed by atoms with Crippen molar-refractivity contribution in [3.8, 4) is 11.4 Å². The second-order valence-electron chi connectivity index (χ2n) is 10.5. The van der Waals surface area contributed by atoms with Crippen molar-refractivity contribution in [3.05, 3.63) is 57.7 Å². The number of aryl methyl sites for hydroxylation is 2. The van der Waals surface area contributed by atoms with Crippen LogP contribution in [0.5, 0.6) is 0 Å². The number of benzene rings is 1. The number of hydrogen-bond acceptors (Lipinski definition) is 9. The predicted octanol–water partition coefficient (Wildman–Crippen LogP) is 5.86. The Labute approximate surface area is 218 Å². The van der Waals surface area contributed by atoms with Crippen LogP contribution in [0.4, 0.5) is 31.3 Å². The van der Waals surface area contributed by atoms with Crippen molar-refractivity contribution in [1.82, 2.24) is 19.7 Å². The zero-order valence-electron chi connectivity index (χ0n) is 22.4. The van der Waals surface area contributed by atoms with E-state index in [1.54, 1.807) is 55.4 Å². The summed E-state index contributed by atoms with van der Waals surface area (Å²) in [6.07, 6.45) is -0.988. The highest BCUT2D eigenvalue weighted by atomic mass is 19.1. The van der Waals surface area contributed by atoms with Gasteiger partial charge in [-0.3, -0.25) is 10.1 Å². The molecule has 1 aromatic carbocycles. The van der Waals surface area contributed by atoms with Gasteiger partial charge in [0.05, 0.1) is 16.8 Å². The second kappa shape index (κ2) is 10.1. The van der Waals surface area contributed by atoms with Gasteiger partial charge in [0, 0.05) is 23.8 Å². The first kappa shape index (κ1) is 28.2. The maximum absolute atomic E-state index is 15.2. The highest BCUT2D eigenvalue weighted by Gasteiger charge is 2.32. The summed E-state index contributed by atoms with van der Waals surface area (Å²) < 4.78 is 27.0. The largest absolute Gasteiger partial charge is 0.443 e. The van der Waals surface area contributed by atoms with Crippen molar-refractivity contribution in [2.24, 2.45) is 0 Å². The van der Waals surface area contributed by atoms with E-state index < -0.39 is 39.9 Å². The van der Waals surface area contributed by atoms with Crippen LogP contribution in [0.2, 0.25) is 0 Å². The number of halogens is 1. The molecule has 1 amide bonds.